The molecule has 0 fully saturated rings. The van der Waals surface area contributed by atoms with Crippen molar-refractivity contribution in [1.82, 2.24) is 0 Å². The fraction of sp³-hybridized carbons (Fsp3) is 0.636. The zero-order valence-corrected chi connectivity index (χ0v) is 8.21. The SMILES string of the molecule is C=CC(=C)CC(O)C(C)CCC. The van der Waals surface area contributed by atoms with Gasteiger partial charge in [0.2, 0.25) is 0 Å². The Labute approximate surface area is 75.8 Å². The molecule has 0 amide bonds. The third-order valence-electron chi connectivity index (χ3n) is 2.16. The predicted molar refractivity (Wildman–Crippen MR) is 54.0 cm³/mol. The molecule has 0 aliphatic carbocycles. The molecule has 0 aliphatic rings. The Morgan fingerprint density at radius 3 is 2.58 bits per heavy atom. The second-order valence-corrected chi connectivity index (χ2v) is 3.40. The Hall–Kier alpha value is -0.560. The van der Waals surface area contributed by atoms with Gasteiger partial charge in [0.05, 0.1) is 6.10 Å². The minimum absolute atomic E-state index is 0.254. The molecule has 12 heavy (non-hydrogen) atoms. The third-order valence-corrected chi connectivity index (χ3v) is 2.16. The van der Waals surface area contributed by atoms with E-state index >= 15 is 0 Å². The van der Waals surface area contributed by atoms with E-state index in [1.807, 2.05) is 0 Å². The molecule has 0 heterocycles. The summed E-state index contributed by atoms with van der Waals surface area (Å²) in [7, 11) is 0. The Bertz CT molecular complexity index is 149. The maximum absolute atomic E-state index is 9.64. The van der Waals surface area contributed by atoms with Crippen molar-refractivity contribution in [2.45, 2.75) is 39.2 Å². The van der Waals surface area contributed by atoms with Crippen LogP contribution in [0.4, 0.5) is 0 Å². The second kappa shape index (κ2) is 6.01. The van der Waals surface area contributed by atoms with Crippen LogP contribution in [0.1, 0.15) is 33.1 Å². The summed E-state index contributed by atoms with van der Waals surface area (Å²) in [6, 6.07) is 0. The van der Waals surface area contributed by atoms with Crippen LogP contribution in [-0.4, -0.2) is 11.2 Å². The van der Waals surface area contributed by atoms with Gasteiger partial charge in [0.1, 0.15) is 0 Å². The van der Waals surface area contributed by atoms with Gasteiger partial charge in [0.25, 0.3) is 0 Å². The first-order chi connectivity index (χ1) is 5.61. The molecule has 0 aliphatic heterocycles. The lowest BCUT2D eigenvalue weighted by molar-refractivity contribution is 0.112. The first kappa shape index (κ1) is 11.4. The lowest BCUT2D eigenvalue weighted by atomic mass is 9.94. The molecule has 0 aromatic carbocycles. The van der Waals surface area contributed by atoms with Crippen molar-refractivity contribution in [3.63, 3.8) is 0 Å². The van der Waals surface area contributed by atoms with Crippen LogP contribution >= 0.6 is 0 Å². The predicted octanol–water partition coefficient (Wildman–Crippen LogP) is 2.92. The van der Waals surface area contributed by atoms with Crippen LogP contribution in [0, 0.1) is 5.92 Å². The molecule has 0 aromatic heterocycles. The Morgan fingerprint density at radius 2 is 2.17 bits per heavy atom. The highest BCUT2D eigenvalue weighted by Gasteiger charge is 2.12. The maximum atomic E-state index is 9.64. The van der Waals surface area contributed by atoms with Crippen molar-refractivity contribution in [2.24, 2.45) is 5.92 Å². The van der Waals surface area contributed by atoms with Crippen molar-refractivity contribution < 1.29 is 5.11 Å². The van der Waals surface area contributed by atoms with E-state index in [1.54, 1.807) is 6.08 Å². The first-order valence-corrected chi connectivity index (χ1v) is 4.60. The van der Waals surface area contributed by atoms with Crippen molar-refractivity contribution in [3.8, 4) is 0 Å². The fourth-order valence-electron chi connectivity index (χ4n) is 1.20. The van der Waals surface area contributed by atoms with E-state index in [1.165, 1.54) is 0 Å². The standard InChI is InChI=1S/C11H20O/c1-5-7-10(4)11(12)8-9(3)6-2/h6,10-12H,2-3,5,7-8H2,1,4H3. The van der Waals surface area contributed by atoms with Crippen LogP contribution in [0.5, 0.6) is 0 Å². The van der Waals surface area contributed by atoms with Crippen LogP contribution < -0.4 is 0 Å². The van der Waals surface area contributed by atoms with E-state index in [9.17, 15) is 5.11 Å². The zero-order chi connectivity index (χ0) is 9.56. The molecule has 0 bridgehead atoms. The highest BCUT2D eigenvalue weighted by Crippen LogP contribution is 2.16. The molecule has 0 radical (unpaired) electrons. The average Bonchev–Trinajstić information content (AvgIpc) is 2.04. The smallest absolute Gasteiger partial charge is 0.0605 e. The molecular weight excluding hydrogens is 148 g/mol. The van der Waals surface area contributed by atoms with E-state index in [0.717, 1.165) is 18.4 Å². The van der Waals surface area contributed by atoms with Crippen LogP contribution in [0.3, 0.4) is 0 Å². The lowest BCUT2D eigenvalue weighted by Gasteiger charge is -2.17. The molecule has 70 valence electrons. The van der Waals surface area contributed by atoms with Gasteiger partial charge in [0, 0.05) is 0 Å². The number of allylic oxidation sites excluding steroid dienone is 1. The van der Waals surface area contributed by atoms with E-state index in [-0.39, 0.29) is 6.10 Å². The molecule has 1 N–H and O–H groups in total. The molecule has 0 aromatic rings. The Kier molecular flexibility index (Phi) is 5.73. The maximum Gasteiger partial charge on any atom is 0.0605 e. The molecule has 2 unspecified atom stereocenters. The van der Waals surface area contributed by atoms with Crippen molar-refractivity contribution >= 4 is 0 Å². The minimum atomic E-state index is -0.254. The molecule has 0 saturated carbocycles. The molecular formula is C11H20O. The zero-order valence-electron chi connectivity index (χ0n) is 8.21. The van der Waals surface area contributed by atoms with Gasteiger partial charge in [0.15, 0.2) is 0 Å². The van der Waals surface area contributed by atoms with Crippen LogP contribution in [0.25, 0.3) is 0 Å². The summed E-state index contributed by atoms with van der Waals surface area (Å²) in [5.41, 5.74) is 0.922. The molecule has 0 rings (SSSR count). The molecule has 2 atom stereocenters. The molecule has 0 spiro atoms. The number of hydrogen-bond acceptors (Lipinski definition) is 1. The summed E-state index contributed by atoms with van der Waals surface area (Å²) < 4.78 is 0. The number of aliphatic hydroxyl groups excluding tert-OH is 1. The topological polar surface area (TPSA) is 20.2 Å². The Morgan fingerprint density at radius 1 is 1.58 bits per heavy atom. The van der Waals surface area contributed by atoms with Crippen molar-refractivity contribution in [1.29, 1.82) is 0 Å². The monoisotopic (exact) mass is 168 g/mol. The van der Waals surface area contributed by atoms with Crippen molar-refractivity contribution in [2.75, 3.05) is 0 Å². The number of hydrogen-bond donors (Lipinski definition) is 1. The van der Waals surface area contributed by atoms with Crippen LogP contribution in [-0.2, 0) is 0 Å². The van der Waals surface area contributed by atoms with Gasteiger partial charge in [-0.3, -0.25) is 0 Å². The third kappa shape index (κ3) is 4.35. The largest absolute Gasteiger partial charge is 0.393 e. The van der Waals surface area contributed by atoms with Gasteiger partial charge in [-0.05, 0) is 18.8 Å². The van der Waals surface area contributed by atoms with E-state index in [2.05, 4.69) is 27.0 Å². The van der Waals surface area contributed by atoms with Gasteiger partial charge in [-0.1, -0.05) is 45.1 Å². The summed E-state index contributed by atoms with van der Waals surface area (Å²) in [4.78, 5) is 0. The van der Waals surface area contributed by atoms with Gasteiger partial charge in [-0.25, -0.2) is 0 Å². The summed E-state index contributed by atoms with van der Waals surface area (Å²) in [6.07, 6.45) is 4.31. The van der Waals surface area contributed by atoms with Crippen LogP contribution in [0.2, 0.25) is 0 Å². The van der Waals surface area contributed by atoms with Gasteiger partial charge in [-0.15, -0.1) is 0 Å². The molecule has 1 heteroatoms. The van der Waals surface area contributed by atoms with Gasteiger partial charge in [-0.2, -0.15) is 0 Å². The summed E-state index contributed by atoms with van der Waals surface area (Å²) in [6.45, 7) is 11.6. The average molecular weight is 168 g/mol. The van der Waals surface area contributed by atoms with Crippen molar-refractivity contribution in [3.05, 3.63) is 24.8 Å². The van der Waals surface area contributed by atoms with Gasteiger partial charge < -0.3 is 5.11 Å². The van der Waals surface area contributed by atoms with E-state index < -0.39 is 0 Å². The Balaban J connectivity index is 3.77. The van der Waals surface area contributed by atoms with E-state index in [4.69, 9.17) is 0 Å². The quantitative estimate of drug-likeness (QED) is 0.605. The number of aliphatic hydroxyl groups is 1. The lowest BCUT2D eigenvalue weighted by Crippen LogP contribution is -2.17. The molecule has 1 nitrogen and oxygen atoms in total. The van der Waals surface area contributed by atoms with Crippen LogP contribution in [0.15, 0.2) is 24.8 Å². The summed E-state index contributed by atoms with van der Waals surface area (Å²) in [5.74, 6) is 0.367. The second-order valence-electron chi connectivity index (χ2n) is 3.40. The summed E-state index contributed by atoms with van der Waals surface area (Å²) >= 11 is 0. The fourth-order valence-corrected chi connectivity index (χ4v) is 1.20. The molecule has 0 saturated heterocycles. The highest BCUT2D eigenvalue weighted by atomic mass is 16.3. The first-order valence-electron chi connectivity index (χ1n) is 4.60. The normalized spacial score (nSPS) is 15.2. The number of rotatable bonds is 6. The summed E-state index contributed by atoms with van der Waals surface area (Å²) in [5, 5.41) is 9.64. The van der Waals surface area contributed by atoms with Gasteiger partial charge >= 0.3 is 0 Å². The minimum Gasteiger partial charge on any atom is -0.393 e. The highest BCUT2D eigenvalue weighted by molar-refractivity contribution is 5.11. The van der Waals surface area contributed by atoms with E-state index in [0.29, 0.717) is 12.3 Å².